The summed E-state index contributed by atoms with van der Waals surface area (Å²) < 4.78 is 0.990. The van der Waals surface area contributed by atoms with Crippen molar-refractivity contribution in [2.75, 3.05) is 25.2 Å². The van der Waals surface area contributed by atoms with Crippen molar-refractivity contribution in [3.63, 3.8) is 0 Å². The van der Waals surface area contributed by atoms with Crippen LogP contribution >= 0.6 is 27.7 Å². The Hall–Kier alpha value is -1.79. The molecule has 4 nitrogen and oxygen atoms in total. The molecule has 0 bridgehead atoms. The third-order valence-electron chi connectivity index (χ3n) is 2.99. The smallest absolute Gasteiger partial charge is 0.253 e. The van der Waals surface area contributed by atoms with Crippen LogP contribution < -0.4 is 5.32 Å². The van der Waals surface area contributed by atoms with Crippen molar-refractivity contribution in [1.82, 2.24) is 4.90 Å². The molecule has 0 aromatic heterocycles. The normalized spacial score (nSPS) is 10.2. The highest BCUT2D eigenvalue weighted by Crippen LogP contribution is 2.22. The highest BCUT2D eigenvalue weighted by atomic mass is 79.9. The Bertz CT molecular complexity index is 702. The highest BCUT2D eigenvalue weighted by Gasteiger charge is 2.08. The Morgan fingerprint density at radius 1 is 1.13 bits per heavy atom. The van der Waals surface area contributed by atoms with Crippen molar-refractivity contribution in [2.45, 2.75) is 4.90 Å². The number of hydrogen-bond donors (Lipinski definition) is 1. The van der Waals surface area contributed by atoms with Gasteiger partial charge >= 0.3 is 0 Å². The average Bonchev–Trinajstić information content (AvgIpc) is 2.53. The molecule has 2 aromatic rings. The minimum Gasteiger partial charge on any atom is -0.345 e. The number of thioether (sulfide) groups is 1. The van der Waals surface area contributed by atoms with Crippen molar-refractivity contribution < 1.29 is 9.59 Å². The first-order valence-electron chi connectivity index (χ1n) is 6.95. The number of anilines is 1. The zero-order chi connectivity index (χ0) is 16.8. The van der Waals surface area contributed by atoms with Crippen molar-refractivity contribution in [1.29, 1.82) is 0 Å². The van der Waals surface area contributed by atoms with Gasteiger partial charge in [-0.1, -0.05) is 22.0 Å². The van der Waals surface area contributed by atoms with Crippen LogP contribution in [0.1, 0.15) is 10.4 Å². The molecule has 0 heterocycles. The number of nitrogens with one attached hydrogen (secondary N) is 1. The molecule has 0 aliphatic rings. The Kier molecular flexibility index (Phi) is 6.24. The summed E-state index contributed by atoms with van der Waals surface area (Å²) in [4.78, 5) is 26.3. The van der Waals surface area contributed by atoms with E-state index in [2.05, 4.69) is 21.2 Å². The van der Waals surface area contributed by atoms with E-state index < -0.39 is 0 Å². The van der Waals surface area contributed by atoms with Crippen LogP contribution in [0.25, 0.3) is 0 Å². The molecule has 0 aliphatic carbocycles. The van der Waals surface area contributed by atoms with Crippen LogP contribution in [0.5, 0.6) is 0 Å². The molecule has 0 spiro atoms. The summed E-state index contributed by atoms with van der Waals surface area (Å²) in [5, 5.41) is 2.83. The largest absolute Gasteiger partial charge is 0.345 e. The molecule has 23 heavy (non-hydrogen) atoms. The average molecular weight is 393 g/mol. The third-order valence-corrected chi connectivity index (χ3v) is 4.47. The lowest BCUT2D eigenvalue weighted by Crippen LogP contribution is -2.21. The van der Waals surface area contributed by atoms with Gasteiger partial charge in [-0.05, 0) is 42.5 Å². The second-order valence-corrected chi connectivity index (χ2v) is 7.04. The lowest BCUT2D eigenvalue weighted by atomic mass is 10.2. The molecular weight excluding hydrogens is 376 g/mol. The predicted molar refractivity (Wildman–Crippen MR) is 98.0 cm³/mol. The van der Waals surface area contributed by atoms with Gasteiger partial charge in [0.1, 0.15) is 0 Å². The number of carbonyl (C=O) groups excluding carboxylic acids is 2. The molecule has 1 N–H and O–H groups in total. The Morgan fingerprint density at radius 3 is 2.43 bits per heavy atom. The van der Waals surface area contributed by atoms with E-state index in [1.807, 2.05) is 24.3 Å². The molecule has 0 radical (unpaired) electrons. The minimum absolute atomic E-state index is 0.0620. The maximum atomic E-state index is 12.0. The first-order valence-corrected chi connectivity index (χ1v) is 8.73. The molecule has 0 saturated heterocycles. The van der Waals surface area contributed by atoms with Gasteiger partial charge in [-0.25, -0.2) is 0 Å². The first kappa shape index (κ1) is 17.6. The topological polar surface area (TPSA) is 49.4 Å². The van der Waals surface area contributed by atoms with E-state index in [0.29, 0.717) is 17.0 Å². The maximum Gasteiger partial charge on any atom is 0.253 e. The number of amides is 2. The van der Waals surface area contributed by atoms with E-state index in [9.17, 15) is 9.59 Å². The fourth-order valence-corrected chi connectivity index (χ4v) is 3.16. The van der Waals surface area contributed by atoms with E-state index in [-0.39, 0.29) is 11.8 Å². The van der Waals surface area contributed by atoms with Gasteiger partial charge in [0.2, 0.25) is 5.91 Å². The monoisotopic (exact) mass is 392 g/mol. The molecule has 2 aromatic carbocycles. The van der Waals surface area contributed by atoms with Crippen LogP contribution in [0.2, 0.25) is 0 Å². The molecule has 0 saturated carbocycles. The van der Waals surface area contributed by atoms with Gasteiger partial charge in [-0.3, -0.25) is 9.59 Å². The van der Waals surface area contributed by atoms with E-state index in [1.165, 1.54) is 16.7 Å². The van der Waals surface area contributed by atoms with Crippen LogP contribution in [0, 0.1) is 0 Å². The summed E-state index contributed by atoms with van der Waals surface area (Å²) in [6, 6.07) is 14.7. The summed E-state index contributed by atoms with van der Waals surface area (Å²) in [6.45, 7) is 0. The number of nitrogens with zero attached hydrogens (tertiary/aromatic N) is 1. The minimum atomic E-state index is -0.0818. The molecule has 2 rings (SSSR count). The highest BCUT2D eigenvalue weighted by molar-refractivity contribution is 9.10. The second-order valence-electron chi connectivity index (χ2n) is 5.07. The summed E-state index contributed by atoms with van der Waals surface area (Å²) >= 11 is 4.88. The van der Waals surface area contributed by atoms with Crippen molar-refractivity contribution in [3.05, 3.63) is 58.6 Å². The SMILES string of the molecule is CN(C)C(=O)c1ccc(NC(=O)CSc2cccc(Br)c2)cc1. The molecule has 0 unspecified atom stereocenters. The van der Waals surface area contributed by atoms with Gasteiger partial charge in [0, 0.05) is 34.7 Å². The number of benzene rings is 2. The van der Waals surface area contributed by atoms with Crippen molar-refractivity contribution >= 4 is 45.2 Å². The predicted octanol–water partition coefficient (Wildman–Crippen LogP) is 3.88. The number of hydrogen-bond acceptors (Lipinski definition) is 3. The Balaban J connectivity index is 1.89. The molecular formula is C17H17BrN2O2S. The summed E-state index contributed by atoms with van der Waals surface area (Å²) in [7, 11) is 3.41. The summed E-state index contributed by atoms with van der Waals surface area (Å²) in [5.41, 5.74) is 1.27. The van der Waals surface area contributed by atoms with Gasteiger partial charge in [-0.15, -0.1) is 11.8 Å². The Morgan fingerprint density at radius 2 is 1.83 bits per heavy atom. The second kappa shape index (κ2) is 8.17. The number of rotatable bonds is 5. The van der Waals surface area contributed by atoms with E-state index in [0.717, 1.165) is 9.37 Å². The fraction of sp³-hybridized carbons (Fsp3) is 0.176. The fourth-order valence-electron chi connectivity index (χ4n) is 1.86. The maximum absolute atomic E-state index is 12.0. The zero-order valence-electron chi connectivity index (χ0n) is 12.9. The summed E-state index contributed by atoms with van der Waals surface area (Å²) in [6.07, 6.45) is 0. The quantitative estimate of drug-likeness (QED) is 0.785. The van der Waals surface area contributed by atoms with Crippen LogP contribution in [0.4, 0.5) is 5.69 Å². The third kappa shape index (κ3) is 5.41. The van der Waals surface area contributed by atoms with Crippen LogP contribution in [0.15, 0.2) is 57.9 Å². The van der Waals surface area contributed by atoms with Crippen molar-refractivity contribution in [2.24, 2.45) is 0 Å². The zero-order valence-corrected chi connectivity index (χ0v) is 15.3. The standard InChI is InChI=1S/C17H17BrN2O2S/c1-20(2)17(22)12-6-8-14(9-7-12)19-16(21)11-23-15-5-3-4-13(18)10-15/h3-10H,11H2,1-2H3,(H,19,21). The lowest BCUT2D eigenvalue weighted by Gasteiger charge is -2.11. The first-order chi connectivity index (χ1) is 11.0. The molecule has 6 heteroatoms. The van der Waals surface area contributed by atoms with Gasteiger partial charge in [0.15, 0.2) is 0 Å². The van der Waals surface area contributed by atoms with Gasteiger partial charge in [-0.2, -0.15) is 0 Å². The summed E-state index contributed by atoms with van der Waals surface area (Å²) in [5.74, 6) is 0.184. The molecule has 0 fully saturated rings. The van der Waals surface area contributed by atoms with Crippen LogP contribution in [0.3, 0.4) is 0 Å². The number of carbonyl (C=O) groups is 2. The van der Waals surface area contributed by atoms with E-state index in [4.69, 9.17) is 0 Å². The Labute approximate surface area is 148 Å². The molecule has 0 atom stereocenters. The van der Waals surface area contributed by atoms with E-state index >= 15 is 0 Å². The molecule has 120 valence electrons. The van der Waals surface area contributed by atoms with Gasteiger partial charge in [0.25, 0.3) is 5.91 Å². The van der Waals surface area contributed by atoms with E-state index in [1.54, 1.807) is 38.4 Å². The van der Waals surface area contributed by atoms with Crippen molar-refractivity contribution in [3.8, 4) is 0 Å². The molecule has 0 aliphatic heterocycles. The molecule has 2 amide bonds. The number of halogens is 1. The van der Waals surface area contributed by atoms with Crippen LogP contribution in [-0.2, 0) is 4.79 Å². The van der Waals surface area contributed by atoms with Crippen LogP contribution in [-0.4, -0.2) is 36.6 Å². The van der Waals surface area contributed by atoms with Gasteiger partial charge in [0.05, 0.1) is 5.75 Å². The van der Waals surface area contributed by atoms with Gasteiger partial charge < -0.3 is 10.2 Å². The lowest BCUT2D eigenvalue weighted by molar-refractivity contribution is -0.113.